The standard InChI is InChI=1S/C40H33N4O.C18H24GeN.Ir/c1-23(2)31-19-29(28-16-15-26-10-6-7-11-27(26)18-28)20-32(24(3)4)37(31)44-36-13-9-8-12-35(36)43-39(44)34-22-41-21-33-30-17-14-25(5)42-40(30)45-38(33)34;1-14(2)11-16-12-18(15-9-7-6-8-10-15)20-13-17(16)19(3,4)5;/h6-21,23-24H,1-5H3;6-9,12-14H,11H2,1-5H3;/q2*-1;. The molecule has 0 spiro atoms. The maximum absolute atomic E-state index is 6.44. The van der Waals surface area contributed by atoms with Gasteiger partial charge in [-0.1, -0.05) is 76.2 Å². The maximum atomic E-state index is 6.44. The summed E-state index contributed by atoms with van der Waals surface area (Å²) < 4.78 is 10.3. The molecule has 66 heavy (non-hydrogen) atoms. The van der Waals surface area contributed by atoms with Gasteiger partial charge in [-0.25, -0.2) is 4.98 Å². The molecule has 0 bridgehead atoms. The van der Waals surface area contributed by atoms with Crippen LogP contribution < -0.4 is 4.40 Å². The van der Waals surface area contributed by atoms with Crippen LogP contribution in [0.5, 0.6) is 0 Å². The molecule has 0 amide bonds. The number of hydrogen-bond acceptors (Lipinski definition) is 5. The van der Waals surface area contributed by atoms with E-state index in [0.717, 1.165) is 62.3 Å². The summed E-state index contributed by atoms with van der Waals surface area (Å²) in [5.41, 5.74) is 14.6. The molecule has 5 heterocycles. The van der Waals surface area contributed by atoms with Crippen LogP contribution in [0.15, 0.2) is 138 Å². The zero-order valence-electron chi connectivity index (χ0n) is 39.6. The van der Waals surface area contributed by atoms with Gasteiger partial charge in [-0.3, -0.25) is 4.98 Å². The molecule has 10 aromatic rings. The Morgan fingerprint density at radius 3 is 2.11 bits per heavy atom. The minimum Gasteiger partial charge on any atom is -0.486 e. The van der Waals surface area contributed by atoms with Crippen molar-refractivity contribution in [3.63, 3.8) is 0 Å². The fourth-order valence-electron chi connectivity index (χ4n) is 9.02. The van der Waals surface area contributed by atoms with Crippen LogP contribution in [0.2, 0.25) is 17.3 Å². The summed E-state index contributed by atoms with van der Waals surface area (Å²) in [6.45, 7) is 15.6. The van der Waals surface area contributed by atoms with Gasteiger partial charge in [0.25, 0.3) is 0 Å². The van der Waals surface area contributed by atoms with Crippen LogP contribution in [-0.2, 0) is 26.5 Å². The van der Waals surface area contributed by atoms with Gasteiger partial charge >= 0.3 is 126 Å². The molecular formula is C58H57GeIrN5O-2. The van der Waals surface area contributed by atoms with Crippen molar-refractivity contribution in [2.45, 2.75) is 84.0 Å². The first-order valence-electron chi connectivity index (χ1n) is 22.9. The van der Waals surface area contributed by atoms with Crippen molar-refractivity contribution in [1.29, 1.82) is 0 Å². The summed E-state index contributed by atoms with van der Waals surface area (Å²) in [5.74, 6) is 9.26. The van der Waals surface area contributed by atoms with Crippen LogP contribution >= 0.6 is 0 Å². The summed E-state index contributed by atoms with van der Waals surface area (Å²) in [5, 5.41) is 4.33. The smallest absolute Gasteiger partial charge is 0.216 e. The van der Waals surface area contributed by atoms with E-state index in [0.29, 0.717) is 17.2 Å². The third kappa shape index (κ3) is 9.31. The number of fused-ring (bicyclic) bond motifs is 5. The van der Waals surface area contributed by atoms with Crippen molar-refractivity contribution < 1.29 is 24.5 Å². The summed E-state index contributed by atoms with van der Waals surface area (Å²) in [6, 6.07) is 46.1. The second-order valence-electron chi connectivity index (χ2n) is 19.4. The molecule has 0 aliphatic rings. The predicted molar refractivity (Wildman–Crippen MR) is 274 cm³/mol. The van der Waals surface area contributed by atoms with Crippen LogP contribution in [0.4, 0.5) is 0 Å². The Balaban J connectivity index is 0.000000238. The molecule has 0 N–H and O–H groups in total. The topological polar surface area (TPSA) is 69.6 Å². The molecule has 0 aliphatic carbocycles. The molecule has 5 aromatic carbocycles. The van der Waals surface area contributed by atoms with Crippen LogP contribution in [-0.4, -0.2) is 37.8 Å². The number of furan rings is 1. The van der Waals surface area contributed by atoms with Crippen molar-refractivity contribution in [3.8, 4) is 39.5 Å². The Morgan fingerprint density at radius 2 is 1.41 bits per heavy atom. The van der Waals surface area contributed by atoms with E-state index in [9.17, 15) is 0 Å². The van der Waals surface area contributed by atoms with Crippen LogP contribution in [0, 0.1) is 25.1 Å². The summed E-state index contributed by atoms with van der Waals surface area (Å²) in [7, 11) is 0. The van der Waals surface area contributed by atoms with E-state index in [1.54, 1.807) is 4.40 Å². The summed E-state index contributed by atoms with van der Waals surface area (Å²) >= 11 is -1.86. The van der Waals surface area contributed by atoms with Gasteiger partial charge in [0.1, 0.15) is 0 Å². The van der Waals surface area contributed by atoms with Crippen molar-refractivity contribution in [2.24, 2.45) is 5.92 Å². The third-order valence-corrected chi connectivity index (χ3v) is 16.6. The monoisotopic (exact) mass is 1110 g/mol. The number of benzene rings is 5. The first kappa shape index (κ1) is 46.8. The van der Waals surface area contributed by atoms with Crippen LogP contribution in [0.25, 0.3) is 83.3 Å². The zero-order valence-corrected chi connectivity index (χ0v) is 44.1. The number of aromatic nitrogens is 5. The second-order valence-corrected chi connectivity index (χ2v) is 30.0. The number of rotatable bonds is 9. The normalized spacial score (nSPS) is 11.8. The number of aryl methyl sites for hydroxylation is 1. The first-order chi connectivity index (χ1) is 31.2. The molecular weight excluding hydrogens is 1050 g/mol. The van der Waals surface area contributed by atoms with E-state index in [4.69, 9.17) is 14.4 Å². The van der Waals surface area contributed by atoms with Gasteiger partial charge in [0.15, 0.2) is 0 Å². The molecule has 0 saturated carbocycles. The second kappa shape index (κ2) is 19.2. The van der Waals surface area contributed by atoms with E-state index >= 15 is 0 Å². The quantitative estimate of drug-likeness (QED) is 0.106. The van der Waals surface area contributed by atoms with E-state index in [1.807, 2.05) is 43.5 Å². The van der Waals surface area contributed by atoms with Gasteiger partial charge in [-0.2, -0.15) is 0 Å². The number of nitrogens with zero attached hydrogens (tertiary/aromatic N) is 5. The Kier molecular flexibility index (Phi) is 13.6. The molecule has 0 saturated heterocycles. The fourth-order valence-corrected chi connectivity index (χ4v) is 12.4. The molecule has 8 heteroatoms. The third-order valence-electron chi connectivity index (χ3n) is 12.2. The average molecular weight is 1100 g/mol. The predicted octanol–water partition coefficient (Wildman–Crippen LogP) is 14.8. The minimum atomic E-state index is -1.86. The van der Waals surface area contributed by atoms with Gasteiger partial charge in [0, 0.05) is 36.9 Å². The molecule has 0 unspecified atom stereocenters. The Labute approximate surface area is 405 Å². The van der Waals surface area contributed by atoms with Crippen molar-refractivity contribution in [2.75, 3.05) is 0 Å². The van der Waals surface area contributed by atoms with Gasteiger partial charge in [-0.15, -0.1) is 0 Å². The average Bonchev–Trinajstić information content (AvgIpc) is 3.86. The summed E-state index contributed by atoms with van der Waals surface area (Å²) in [6.07, 6.45) is 8.35. The largest absolute Gasteiger partial charge is 0.486 e. The van der Waals surface area contributed by atoms with Gasteiger partial charge in [-0.05, 0) is 118 Å². The van der Waals surface area contributed by atoms with Gasteiger partial charge < -0.3 is 14.0 Å². The Hall–Kier alpha value is -5.73. The molecule has 0 atom stereocenters. The zero-order chi connectivity index (χ0) is 45.6. The van der Waals surface area contributed by atoms with Crippen LogP contribution in [0.3, 0.4) is 0 Å². The van der Waals surface area contributed by atoms with E-state index in [2.05, 4.69) is 183 Å². The number of para-hydroxylation sites is 2. The van der Waals surface area contributed by atoms with E-state index in [-0.39, 0.29) is 31.9 Å². The molecule has 1 radical (unpaired) electrons. The molecule has 0 fully saturated rings. The molecule has 0 aliphatic heterocycles. The van der Waals surface area contributed by atoms with Gasteiger partial charge in [0.2, 0.25) is 5.71 Å². The molecule has 10 rings (SSSR count). The number of hydrogen-bond donors (Lipinski definition) is 0. The fraction of sp³-hybridized carbons (Fsp3) is 0.241. The first-order valence-corrected chi connectivity index (χ1v) is 30.3. The maximum Gasteiger partial charge on any atom is 0.216 e. The summed E-state index contributed by atoms with van der Waals surface area (Å²) in [4.78, 5) is 19.2. The SMILES string of the molecule is CC(C)Cc1cc(-c2[c-]cccc2)nc[c]1[Ge]([CH3])([CH3])[CH3].Cc1ccc2c(n1)oc1c(-c3nc4ccccc4n3-c3c(C(C)C)cc(-c4ccc5ccccc5c4)cc3C(C)C)[c-]ncc12.[Ir]. The number of imidazole rings is 1. The number of pyridine rings is 3. The Bertz CT molecular complexity index is 3310. The van der Waals surface area contributed by atoms with Crippen molar-refractivity contribution in [1.82, 2.24) is 24.5 Å². The van der Waals surface area contributed by atoms with Crippen molar-refractivity contribution >= 4 is 61.5 Å². The molecule has 335 valence electrons. The molecule has 5 aromatic heterocycles. The van der Waals surface area contributed by atoms with Crippen molar-refractivity contribution in [3.05, 3.63) is 168 Å². The van der Waals surface area contributed by atoms with E-state index in [1.165, 1.54) is 38.6 Å². The Morgan fingerprint density at radius 1 is 0.697 bits per heavy atom. The van der Waals surface area contributed by atoms with Crippen LogP contribution in [0.1, 0.15) is 75.8 Å². The van der Waals surface area contributed by atoms with E-state index < -0.39 is 13.3 Å². The minimum absolute atomic E-state index is 0. The van der Waals surface area contributed by atoms with Gasteiger partial charge in [0.05, 0.1) is 22.4 Å². The molecule has 6 nitrogen and oxygen atoms in total.